The van der Waals surface area contributed by atoms with Gasteiger partial charge in [-0.15, -0.1) is 0 Å². The Kier molecular flexibility index (Phi) is 6.74. The lowest BCUT2D eigenvalue weighted by Gasteiger charge is -2.17. The molecule has 27 heavy (non-hydrogen) atoms. The van der Waals surface area contributed by atoms with E-state index in [0.29, 0.717) is 12.2 Å². The molecule has 1 saturated carbocycles. The van der Waals surface area contributed by atoms with Crippen LogP contribution in [0.5, 0.6) is 11.5 Å². The van der Waals surface area contributed by atoms with Crippen LogP contribution in [0.1, 0.15) is 60.0 Å². The number of rotatable bonds is 6. The molecule has 144 valence electrons. The number of aryl methyl sites for hydroxylation is 1. The highest BCUT2D eigenvalue weighted by Crippen LogP contribution is 2.23. The SMILES string of the molecule is COc1ccc(C(=O)NC2CCCCCC2)cc1COc1ccc(C)cc1. The number of carbonyl (C=O) groups is 1. The van der Waals surface area contributed by atoms with E-state index in [1.54, 1.807) is 7.11 Å². The highest BCUT2D eigenvalue weighted by atomic mass is 16.5. The van der Waals surface area contributed by atoms with E-state index in [1.807, 2.05) is 49.4 Å². The Morgan fingerprint density at radius 3 is 2.41 bits per heavy atom. The molecule has 0 spiro atoms. The minimum Gasteiger partial charge on any atom is -0.496 e. The second kappa shape index (κ2) is 9.45. The second-order valence-electron chi connectivity index (χ2n) is 7.29. The third kappa shape index (κ3) is 5.49. The molecular formula is C23H29NO3. The lowest BCUT2D eigenvalue weighted by molar-refractivity contribution is 0.0933. The minimum absolute atomic E-state index is 0.0128. The van der Waals surface area contributed by atoms with Crippen LogP contribution in [0.4, 0.5) is 0 Å². The predicted octanol–water partition coefficient (Wildman–Crippen LogP) is 5.04. The van der Waals surface area contributed by atoms with Gasteiger partial charge in [0.05, 0.1) is 7.11 Å². The summed E-state index contributed by atoms with van der Waals surface area (Å²) in [5.74, 6) is 1.52. The summed E-state index contributed by atoms with van der Waals surface area (Å²) in [6, 6.07) is 13.8. The van der Waals surface area contributed by atoms with E-state index in [0.717, 1.165) is 29.9 Å². The molecule has 1 N–H and O–H groups in total. The molecule has 0 atom stereocenters. The quantitative estimate of drug-likeness (QED) is 0.728. The summed E-state index contributed by atoms with van der Waals surface area (Å²) in [5.41, 5.74) is 2.71. The standard InChI is InChI=1S/C23H29NO3/c1-17-9-12-21(13-10-17)27-16-19-15-18(11-14-22(19)26-2)23(25)24-20-7-5-3-4-6-8-20/h9-15,20H,3-8,16H2,1-2H3,(H,24,25). The zero-order valence-electron chi connectivity index (χ0n) is 16.3. The Hall–Kier alpha value is -2.49. The Balaban J connectivity index is 1.68. The van der Waals surface area contributed by atoms with Crippen molar-refractivity contribution in [3.8, 4) is 11.5 Å². The molecule has 0 aliphatic heterocycles. The van der Waals surface area contributed by atoms with E-state index >= 15 is 0 Å². The maximum atomic E-state index is 12.7. The van der Waals surface area contributed by atoms with Crippen LogP contribution in [-0.2, 0) is 6.61 Å². The van der Waals surface area contributed by atoms with Crippen LogP contribution in [0.25, 0.3) is 0 Å². The van der Waals surface area contributed by atoms with E-state index in [2.05, 4.69) is 5.32 Å². The van der Waals surface area contributed by atoms with Gasteiger partial charge in [0, 0.05) is 17.2 Å². The van der Waals surface area contributed by atoms with Gasteiger partial charge in [-0.2, -0.15) is 0 Å². The van der Waals surface area contributed by atoms with Gasteiger partial charge >= 0.3 is 0 Å². The van der Waals surface area contributed by atoms with Crippen LogP contribution in [-0.4, -0.2) is 19.1 Å². The van der Waals surface area contributed by atoms with Crippen molar-refractivity contribution in [3.63, 3.8) is 0 Å². The van der Waals surface area contributed by atoms with Crippen LogP contribution in [0.3, 0.4) is 0 Å². The first-order valence-electron chi connectivity index (χ1n) is 9.83. The van der Waals surface area contributed by atoms with E-state index < -0.39 is 0 Å². The maximum absolute atomic E-state index is 12.7. The van der Waals surface area contributed by atoms with Crippen molar-refractivity contribution in [2.75, 3.05) is 7.11 Å². The van der Waals surface area contributed by atoms with Crippen LogP contribution in [0.2, 0.25) is 0 Å². The normalized spacial score (nSPS) is 15.0. The largest absolute Gasteiger partial charge is 0.496 e. The molecular weight excluding hydrogens is 338 g/mol. The smallest absolute Gasteiger partial charge is 0.251 e. The Morgan fingerprint density at radius 1 is 1.04 bits per heavy atom. The first-order chi connectivity index (χ1) is 13.2. The van der Waals surface area contributed by atoms with Crippen molar-refractivity contribution in [1.82, 2.24) is 5.32 Å². The summed E-state index contributed by atoms with van der Waals surface area (Å²) < 4.78 is 11.3. The number of benzene rings is 2. The van der Waals surface area contributed by atoms with Gasteiger partial charge in [-0.3, -0.25) is 4.79 Å². The number of ether oxygens (including phenoxy) is 2. The van der Waals surface area contributed by atoms with E-state index in [-0.39, 0.29) is 11.9 Å². The third-order valence-electron chi connectivity index (χ3n) is 5.15. The molecule has 0 unspecified atom stereocenters. The molecule has 1 aliphatic rings. The lowest BCUT2D eigenvalue weighted by atomic mass is 10.1. The van der Waals surface area contributed by atoms with Gasteiger partial charge in [0.25, 0.3) is 5.91 Å². The number of carbonyl (C=O) groups excluding carboxylic acids is 1. The molecule has 1 aliphatic carbocycles. The van der Waals surface area contributed by atoms with Crippen LogP contribution < -0.4 is 14.8 Å². The Bertz CT molecular complexity index is 747. The van der Waals surface area contributed by atoms with E-state index in [1.165, 1.54) is 31.2 Å². The fourth-order valence-corrected chi connectivity index (χ4v) is 3.52. The average molecular weight is 367 g/mol. The van der Waals surface area contributed by atoms with Gasteiger partial charge in [-0.05, 0) is 50.1 Å². The zero-order chi connectivity index (χ0) is 19.1. The van der Waals surface area contributed by atoms with Gasteiger partial charge in [0.2, 0.25) is 0 Å². The summed E-state index contributed by atoms with van der Waals surface area (Å²) in [7, 11) is 1.63. The number of nitrogens with one attached hydrogen (secondary N) is 1. The van der Waals surface area contributed by atoms with Gasteiger partial charge in [0.1, 0.15) is 18.1 Å². The van der Waals surface area contributed by atoms with Crippen molar-refractivity contribution >= 4 is 5.91 Å². The molecule has 0 radical (unpaired) electrons. The number of hydrogen-bond donors (Lipinski definition) is 1. The lowest BCUT2D eigenvalue weighted by Crippen LogP contribution is -2.34. The maximum Gasteiger partial charge on any atom is 0.251 e. The Labute approximate surface area is 161 Å². The molecule has 0 saturated heterocycles. The molecule has 0 aromatic heterocycles. The van der Waals surface area contributed by atoms with Crippen molar-refractivity contribution in [2.45, 2.75) is 58.1 Å². The third-order valence-corrected chi connectivity index (χ3v) is 5.15. The molecule has 4 nitrogen and oxygen atoms in total. The van der Waals surface area contributed by atoms with Crippen LogP contribution >= 0.6 is 0 Å². The summed E-state index contributed by atoms with van der Waals surface area (Å²) in [4.78, 5) is 12.7. The van der Waals surface area contributed by atoms with Crippen LogP contribution in [0.15, 0.2) is 42.5 Å². The highest BCUT2D eigenvalue weighted by molar-refractivity contribution is 5.94. The monoisotopic (exact) mass is 367 g/mol. The van der Waals surface area contributed by atoms with Crippen molar-refractivity contribution < 1.29 is 14.3 Å². The van der Waals surface area contributed by atoms with Crippen molar-refractivity contribution in [3.05, 3.63) is 59.2 Å². The second-order valence-corrected chi connectivity index (χ2v) is 7.29. The zero-order valence-corrected chi connectivity index (χ0v) is 16.3. The topological polar surface area (TPSA) is 47.6 Å². The molecule has 1 fully saturated rings. The molecule has 4 heteroatoms. The van der Waals surface area contributed by atoms with Gasteiger partial charge in [-0.1, -0.05) is 43.4 Å². The summed E-state index contributed by atoms with van der Waals surface area (Å²) >= 11 is 0. The molecule has 1 amide bonds. The molecule has 0 heterocycles. The fourth-order valence-electron chi connectivity index (χ4n) is 3.52. The minimum atomic E-state index is -0.0128. The first-order valence-corrected chi connectivity index (χ1v) is 9.83. The van der Waals surface area contributed by atoms with Crippen molar-refractivity contribution in [1.29, 1.82) is 0 Å². The molecule has 2 aromatic rings. The highest BCUT2D eigenvalue weighted by Gasteiger charge is 2.17. The van der Waals surface area contributed by atoms with Gasteiger partial charge in [-0.25, -0.2) is 0 Å². The van der Waals surface area contributed by atoms with E-state index in [4.69, 9.17) is 9.47 Å². The van der Waals surface area contributed by atoms with Crippen molar-refractivity contribution in [2.24, 2.45) is 0 Å². The Morgan fingerprint density at radius 2 is 1.74 bits per heavy atom. The average Bonchev–Trinajstić information content (AvgIpc) is 2.96. The fraction of sp³-hybridized carbons (Fsp3) is 0.435. The predicted molar refractivity (Wildman–Crippen MR) is 107 cm³/mol. The number of hydrogen-bond acceptors (Lipinski definition) is 3. The van der Waals surface area contributed by atoms with E-state index in [9.17, 15) is 4.79 Å². The molecule has 2 aromatic carbocycles. The molecule has 3 rings (SSSR count). The summed E-state index contributed by atoms with van der Waals surface area (Å²) in [6.45, 7) is 2.40. The van der Waals surface area contributed by atoms with Crippen LogP contribution in [0, 0.1) is 6.92 Å². The summed E-state index contributed by atoms with van der Waals surface area (Å²) in [5, 5.41) is 3.20. The first kappa shape index (κ1) is 19.3. The summed E-state index contributed by atoms with van der Waals surface area (Å²) in [6.07, 6.45) is 7.09. The molecule has 0 bridgehead atoms. The number of methoxy groups -OCH3 is 1. The number of amides is 1. The van der Waals surface area contributed by atoms with Gasteiger partial charge in [0.15, 0.2) is 0 Å². The van der Waals surface area contributed by atoms with Gasteiger partial charge < -0.3 is 14.8 Å².